The summed E-state index contributed by atoms with van der Waals surface area (Å²) in [6.45, 7) is 7.00. The molecule has 0 radical (unpaired) electrons. The average Bonchev–Trinajstić information content (AvgIpc) is 1.98. The highest BCUT2D eigenvalue weighted by atomic mass is 32.2. The van der Waals surface area contributed by atoms with Gasteiger partial charge in [-0.15, -0.1) is 0 Å². The van der Waals surface area contributed by atoms with Crippen LogP contribution >= 0.6 is 0 Å². The van der Waals surface area contributed by atoms with E-state index < -0.39 is 17.0 Å². The smallest absolute Gasteiger partial charge is 0.293 e. The van der Waals surface area contributed by atoms with Gasteiger partial charge in [-0.05, 0) is 13.8 Å². The lowest BCUT2D eigenvalue weighted by molar-refractivity contribution is -0.265. The van der Waals surface area contributed by atoms with Crippen LogP contribution in [0.3, 0.4) is 0 Å². The van der Waals surface area contributed by atoms with Crippen LogP contribution < -0.4 is 0 Å². The lowest BCUT2D eigenvalue weighted by Crippen LogP contribution is -2.05. The molecule has 0 saturated heterocycles. The SMILES string of the molecule is C=C(C)C(=O)OOCC.O=[SH](=O)O. The van der Waals surface area contributed by atoms with Crippen LogP contribution in [0.15, 0.2) is 12.2 Å². The molecule has 0 bridgehead atoms. The molecule has 0 heterocycles. The first kappa shape index (κ1) is 14.6. The van der Waals surface area contributed by atoms with Crippen molar-refractivity contribution in [2.75, 3.05) is 6.61 Å². The molecule has 13 heavy (non-hydrogen) atoms. The molecule has 0 aliphatic rings. The number of hydrogen-bond acceptors (Lipinski definition) is 5. The topological polar surface area (TPSA) is 89.9 Å². The number of carbonyl (C=O) groups is 1. The van der Waals surface area contributed by atoms with Gasteiger partial charge in [0.15, 0.2) is 0 Å². The molecule has 0 amide bonds. The first-order chi connectivity index (χ1) is 5.91. The molecule has 0 aromatic carbocycles. The van der Waals surface area contributed by atoms with E-state index in [-0.39, 0.29) is 0 Å². The number of rotatable bonds is 3. The molecule has 0 atom stereocenters. The highest BCUT2D eigenvalue weighted by Crippen LogP contribution is 1.91. The van der Waals surface area contributed by atoms with Crippen LogP contribution in [0, 0.1) is 0 Å². The molecule has 0 unspecified atom stereocenters. The summed E-state index contributed by atoms with van der Waals surface area (Å²) in [4.78, 5) is 19.0. The second-order valence-corrected chi connectivity index (χ2v) is 2.27. The first-order valence-corrected chi connectivity index (χ1v) is 4.37. The average molecular weight is 212 g/mol. The monoisotopic (exact) mass is 212 g/mol. The van der Waals surface area contributed by atoms with Crippen molar-refractivity contribution in [2.45, 2.75) is 13.8 Å². The van der Waals surface area contributed by atoms with Crippen LogP contribution in [-0.2, 0) is 25.6 Å². The third kappa shape index (κ3) is 18.2. The summed E-state index contributed by atoms with van der Waals surface area (Å²) in [5.41, 5.74) is 0.337. The normalized spacial score (nSPS) is 8.62. The maximum absolute atomic E-state index is 10.5. The van der Waals surface area contributed by atoms with E-state index in [0.29, 0.717) is 12.2 Å². The van der Waals surface area contributed by atoms with Crippen molar-refractivity contribution in [3.05, 3.63) is 12.2 Å². The van der Waals surface area contributed by atoms with Crippen molar-refractivity contribution in [1.29, 1.82) is 0 Å². The number of carbonyl (C=O) groups excluding carboxylic acids is 1. The molecule has 1 N–H and O–H groups in total. The Hall–Kier alpha value is -0.920. The summed E-state index contributed by atoms with van der Waals surface area (Å²) in [6.07, 6.45) is 0. The van der Waals surface area contributed by atoms with Gasteiger partial charge in [0.05, 0.1) is 6.61 Å². The molecule has 7 heteroatoms. The minimum atomic E-state index is -3.12. The van der Waals surface area contributed by atoms with Crippen LogP contribution in [-0.4, -0.2) is 25.5 Å². The third-order valence-corrected chi connectivity index (χ3v) is 0.601. The highest BCUT2D eigenvalue weighted by molar-refractivity contribution is 7.66. The molecule has 0 aromatic rings. The van der Waals surface area contributed by atoms with Gasteiger partial charge < -0.3 is 0 Å². The van der Waals surface area contributed by atoms with E-state index >= 15 is 0 Å². The van der Waals surface area contributed by atoms with Gasteiger partial charge in [-0.3, -0.25) is 9.44 Å². The zero-order chi connectivity index (χ0) is 10.9. The summed E-state index contributed by atoms with van der Waals surface area (Å²) < 4.78 is 24.2. The molecule has 0 fully saturated rings. The van der Waals surface area contributed by atoms with Crippen LogP contribution in [0.5, 0.6) is 0 Å². The van der Waals surface area contributed by atoms with Crippen molar-refractivity contribution < 1.29 is 27.5 Å². The van der Waals surface area contributed by atoms with E-state index in [1.54, 1.807) is 13.8 Å². The maximum atomic E-state index is 10.5. The minimum Gasteiger partial charge on any atom is -0.293 e. The van der Waals surface area contributed by atoms with Gasteiger partial charge in [-0.1, -0.05) is 6.58 Å². The molecule has 0 spiro atoms. The van der Waals surface area contributed by atoms with Gasteiger partial charge in [0.2, 0.25) is 0 Å². The second kappa shape index (κ2) is 9.17. The van der Waals surface area contributed by atoms with E-state index in [4.69, 9.17) is 13.0 Å². The molecule has 0 saturated carbocycles. The van der Waals surface area contributed by atoms with E-state index in [1.165, 1.54) is 0 Å². The van der Waals surface area contributed by atoms with E-state index in [9.17, 15) is 4.79 Å². The predicted molar refractivity (Wildman–Crippen MR) is 45.5 cm³/mol. The fourth-order valence-corrected chi connectivity index (χ4v) is 0.184. The largest absolute Gasteiger partial charge is 0.368 e. The zero-order valence-electron chi connectivity index (χ0n) is 7.35. The van der Waals surface area contributed by atoms with Crippen molar-refractivity contribution in [3.8, 4) is 0 Å². The fraction of sp³-hybridized carbons (Fsp3) is 0.500. The van der Waals surface area contributed by atoms with Crippen LogP contribution in [0.25, 0.3) is 0 Å². The number of thiol groups is 1. The van der Waals surface area contributed by atoms with Crippen LogP contribution in [0.4, 0.5) is 0 Å². The Morgan fingerprint density at radius 3 is 2.15 bits per heavy atom. The van der Waals surface area contributed by atoms with Crippen molar-refractivity contribution in [2.24, 2.45) is 0 Å². The Morgan fingerprint density at radius 1 is 1.54 bits per heavy atom. The fourth-order valence-electron chi connectivity index (χ4n) is 0.184. The summed E-state index contributed by atoms with van der Waals surface area (Å²) in [7, 11) is -3.12. The Morgan fingerprint density at radius 2 is 1.92 bits per heavy atom. The summed E-state index contributed by atoms with van der Waals surface area (Å²) in [5.74, 6) is -0.517. The van der Waals surface area contributed by atoms with Crippen LogP contribution in [0.2, 0.25) is 0 Å². The Labute approximate surface area is 77.9 Å². The Kier molecular flexibility index (Phi) is 10.3. The van der Waals surface area contributed by atoms with Gasteiger partial charge in [0.25, 0.3) is 11.0 Å². The van der Waals surface area contributed by atoms with Gasteiger partial charge in [-0.2, -0.15) is 4.89 Å². The highest BCUT2D eigenvalue weighted by Gasteiger charge is 2.01. The lowest BCUT2D eigenvalue weighted by atomic mass is 10.4. The quantitative estimate of drug-likeness (QED) is 0.227. The first-order valence-electron chi connectivity index (χ1n) is 3.24. The van der Waals surface area contributed by atoms with Gasteiger partial charge in [0, 0.05) is 5.57 Å². The molecular weight excluding hydrogens is 200 g/mol. The van der Waals surface area contributed by atoms with Crippen LogP contribution in [0.1, 0.15) is 13.8 Å². The van der Waals surface area contributed by atoms with Gasteiger partial charge >= 0.3 is 5.97 Å². The standard InChI is InChI=1S/C6H10O3.H2O3S/c1-4-8-9-6(7)5(2)3;1-4(2)3/h2,4H2,1,3H3;4H,(H,1,2,3). The van der Waals surface area contributed by atoms with Crippen molar-refractivity contribution in [1.82, 2.24) is 0 Å². The summed E-state index contributed by atoms with van der Waals surface area (Å²) in [6, 6.07) is 0. The third-order valence-electron chi connectivity index (χ3n) is 0.601. The van der Waals surface area contributed by atoms with Crippen molar-refractivity contribution >= 4 is 17.0 Å². The summed E-state index contributed by atoms with van der Waals surface area (Å²) >= 11 is 0. The summed E-state index contributed by atoms with van der Waals surface area (Å²) in [5, 5.41) is 0. The van der Waals surface area contributed by atoms with Gasteiger partial charge in [0.1, 0.15) is 0 Å². The minimum absolute atomic E-state index is 0.337. The zero-order valence-corrected chi connectivity index (χ0v) is 8.24. The Bertz CT molecular complexity index is 223. The molecule has 6 nitrogen and oxygen atoms in total. The van der Waals surface area contributed by atoms with Gasteiger partial charge in [-0.25, -0.2) is 13.2 Å². The second-order valence-electron chi connectivity index (χ2n) is 1.80. The molecule has 0 rings (SSSR count). The predicted octanol–water partition coefficient (Wildman–Crippen LogP) is 0.128. The number of hydrogen-bond donors (Lipinski definition) is 2. The maximum Gasteiger partial charge on any atom is 0.368 e. The molecule has 0 aliphatic carbocycles. The molecule has 0 aromatic heterocycles. The molecular formula is C6H12O6S. The van der Waals surface area contributed by atoms with Crippen molar-refractivity contribution in [3.63, 3.8) is 0 Å². The molecule has 78 valence electrons. The molecule has 0 aliphatic heterocycles. The van der Waals surface area contributed by atoms with E-state index in [0.717, 1.165) is 0 Å². The van der Waals surface area contributed by atoms with E-state index in [2.05, 4.69) is 16.4 Å². The lowest BCUT2D eigenvalue weighted by Gasteiger charge is -1.97. The Balaban J connectivity index is 0. The van der Waals surface area contributed by atoms with E-state index in [1.807, 2.05) is 0 Å².